The molecule has 0 aromatic heterocycles. The summed E-state index contributed by atoms with van der Waals surface area (Å²) >= 11 is 0. The minimum absolute atomic E-state index is 0.0184. The number of carbonyl (C=O) groups excluding carboxylic acids is 2. The summed E-state index contributed by atoms with van der Waals surface area (Å²) in [6.45, 7) is 20.8. The minimum atomic E-state index is -0.462. The summed E-state index contributed by atoms with van der Waals surface area (Å²) in [7, 11) is 0. The fraction of sp³-hybridized carbons (Fsp3) is 0.917. The van der Waals surface area contributed by atoms with Crippen LogP contribution in [-0.2, 0) is 14.3 Å². The van der Waals surface area contributed by atoms with Crippen molar-refractivity contribution in [2.24, 2.45) is 11.3 Å². The lowest BCUT2D eigenvalue weighted by Crippen LogP contribution is -2.53. The molecule has 1 amide bonds. The molecule has 7 nitrogen and oxygen atoms in total. The molecule has 2 aliphatic rings. The predicted octanol–water partition coefficient (Wildman–Crippen LogP) is 3.66. The Hall–Kier alpha value is -1.34. The third-order valence-electron chi connectivity index (χ3n) is 6.18. The Morgan fingerprint density at radius 2 is 1.65 bits per heavy atom. The first-order valence-electron chi connectivity index (χ1n) is 11.9. The van der Waals surface area contributed by atoms with Crippen LogP contribution in [0.25, 0.3) is 0 Å². The highest BCUT2D eigenvalue weighted by Crippen LogP contribution is 2.26. The highest BCUT2D eigenvalue weighted by atomic mass is 16.6. The smallest absolute Gasteiger partial charge is 0.407 e. The zero-order chi connectivity index (χ0) is 23.4. The van der Waals surface area contributed by atoms with E-state index in [-0.39, 0.29) is 24.2 Å². The van der Waals surface area contributed by atoms with Crippen LogP contribution in [0.1, 0.15) is 74.7 Å². The summed E-state index contributed by atoms with van der Waals surface area (Å²) in [5.74, 6) is 0.236. The van der Waals surface area contributed by atoms with Gasteiger partial charge in [0.25, 0.3) is 0 Å². The van der Waals surface area contributed by atoms with Crippen molar-refractivity contribution < 1.29 is 19.1 Å². The van der Waals surface area contributed by atoms with Crippen LogP contribution in [0.2, 0.25) is 0 Å². The molecular formula is C24H45N3O4. The molecule has 0 bridgehead atoms. The van der Waals surface area contributed by atoms with Gasteiger partial charge in [0.05, 0.1) is 5.41 Å². The normalized spacial score (nSPS) is 25.7. The number of nitrogens with zero attached hydrogens (tertiary/aromatic N) is 2. The SMILES string of the molecule is CC(CN1CCC(NC(=O)OC(C)(C)C)CC1)N1CC[C@H](OC(=O)C(C)(C)C)[C@@H](C)C1. The van der Waals surface area contributed by atoms with E-state index in [0.717, 1.165) is 52.0 Å². The molecular weight excluding hydrogens is 394 g/mol. The number of piperidine rings is 2. The molecule has 2 saturated heterocycles. The molecule has 0 aromatic rings. The second-order valence-corrected chi connectivity index (χ2v) is 11.5. The number of esters is 1. The van der Waals surface area contributed by atoms with E-state index in [4.69, 9.17) is 9.47 Å². The summed E-state index contributed by atoms with van der Waals surface area (Å²) in [6.07, 6.45) is 2.50. The highest BCUT2D eigenvalue weighted by Gasteiger charge is 2.34. The van der Waals surface area contributed by atoms with Crippen molar-refractivity contribution in [3.8, 4) is 0 Å². The number of amides is 1. The molecule has 31 heavy (non-hydrogen) atoms. The number of rotatable bonds is 5. The van der Waals surface area contributed by atoms with E-state index in [1.54, 1.807) is 0 Å². The Kier molecular flexibility index (Phi) is 8.79. The molecule has 3 atom stereocenters. The van der Waals surface area contributed by atoms with Crippen molar-refractivity contribution in [1.82, 2.24) is 15.1 Å². The Bertz CT molecular complexity index is 603. The Morgan fingerprint density at radius 1 is 1.03 bits per heavy atom. The van der Waals surface area contributed by atoms with Gasteiger partial charge in [-0.15, -0.1) is 0 Å². The minimum Gasteiger partial charge on any atom is -0.462 e. The van der Waals surface area contributed by atoms with Crippen molar-refractivity contribution in [3.63, 3.8) is 0 Å². The van der Waals surface area contributed by atoms with E-state index in [2.05, 4.69) is 29.0 Å². The fourth-order valence-corrected chi connectivity index (χ4v) is 4.27. The maximum absolute atomic E-state index is 12.2. The van der Waals surface area contributed by atoms with E-state index >= 15 is 0 Å². The van der Waals surface area contributed by atoms with Crippen LogP contribution in [0.4, 0.5) is 4.79 Å². The van der Waals surface area contributed by atoms with Gasteiger partial charge in [0, 0.05) is 50.7 Å². The first kappa shape index (κ1) is 25.9. The number of hydrogen-bond acceptors (Lipinski definition) is 6. The van der Waals surface area contributed by atoms with Crippen molar-refractivity contribution in [2.75, 3.05) is 32.7 Å². The quantitative estimate of drug-likeness (QED) is 0.659. The van der Waals surface area contributed by atoms with Gasteiger partial charge in [-0.1, -0.05) is 6.92 Å². The van der Waals surface area contributed by atoms with Gasteiger partial charge in [-0.25, -0.2) is 4.79 Å². The van der Waals surface area contributed by atoms with Gasteiger partial charge < -0.3 is 19.7 Å². The summed E-state index contributed by atoms with van der Waals surface area (Å²) in [6, 6.07) is 0.645. The van der Waals surface area contributed by atoms with Crippen LogP contribution in [0.3, 0.4) is 0 Å². The van der Waals surface area contributed by atoms with Gasteiger partial charge >= 0.3 is 12.1 Å². The second kappa shape index (κ2) is 10.5. The van der Waals surface area contributed by atoms with Crippen molar-refractivity contribution in [3.05, 3.63) is 0 Å². The van der Waals surface area contributed by atoms with Crippen LogP contribution < -0.4 is 5.32 Å². The molecule has 0 spiro atoms. The largest absolute Gasteiger partial charge is 0.462 e. The molecule has 0 saturated carbocycles. The maximum atomic E-state index is 12.2. The van der Waals surface area contributed by atoms with Gasteiger partial charge in [-0.3, -0.25) is 9.69 Å². The van der Waals surface area contributed by atoms with Crippen LogP contribution in [0, 0.1) is 11.3 Å². The third-order valence-corrected chi connectivity index (χ3v) is 6.18. The van der Waals surface area contributed by atoms with Gasteiger partial charge in [0.15, 0.2) is 0 Å². The molecule has 180 valence electrons. The van der Waals surface area contributed by atoms with Gasteiger partial charge in [0.1, 0.15) is 11.7 Å². The maximum Gasteiger partial charge on any atom is 0.407 e. The molecule has 0 aromatic carbocycles. The number of alkyl carbamates (subject to hydrolysis) is 1. The number of carbonyl (C=O) groups is 2. The Morgan fingerprint density at radius 3 is 2.16 bits per heavy atom. The molecule has 0 aliphatic carbocycles. The topological polar surface area (TPSA) is 71.1 Å². The average molecular weight is 440 g/mol. The Balaban J connectivity index is 1.72. The van der Waals surface area contributed by atoms with E-state index in [1.165, 1.54) is 0 Å². The molecule has 2 heterocycles. The second-order valence-electron chi connectivity index (χ2n) is 11.5. The monoisotopic (exact) mass is 439 g/mol. The number of likely N-dealkylation sites (tertiary alicyclic amines) is 2. The van der Waals surface area contributed by atoms with Crippen LogP contribution in [0.15, 0.2) is 0 Å². The van der Waals surface area contributed by atoms with Crippen molar-refractivity contribution >= 4 is 12.1 Å². The number of hydrogen-bond donors (Lipinski definition) is 1. The van der Waals surface area contributed by atoms with Gasteiger partial charge in [-0.05, 0) is 67.7 Å². The van der Waals surface area contributed by atoms with Crippen LogP contribution in [0.5, 0.6) is 0 Å². The summed E-state index contributed by atoms with van der Waals surface area (Å²) < 4.78 is 11.2. The fourth-order valence-electron chi connectivity index (χ4n) is 4.27. The lowest BCUT2D eigenvalue weighted by atomic mass is 9.93. The average Bonchev–Trinajstić information content (AvgIpc) is 2.62. The highest BCUT2D eigenvalue weighted by molar-refractivity contribution is 5.75. The number of ether oxygens (including phenoxy) is 2. The Labute approximate surface area is 189 Å². The number of nitrogens with one attached hydrogen (secondary N) is 1. The van der Waals surface area contributed by atoms with Crippen molar-refractivity contribution in [1.29, 1.82) is 0 Å². The van der Waals surface area contributed by atoms with Crippen LogP contribution in [-0.4, -0.2) is 78.4 Å². The van der Waals surface area contributed by atoms with Gasteiger partial charge in [0.2, 0.25) is 0 Å². The molecule has 1 unspecified atom stereocenters. The summed E-state index contributed by atoms with van der Waals surface area (Å²) in [4.78, 5) is 29.2. The summed E-state index contributed by atoms with van der Waals surface area (Å²) in [5.41, 5.74) is -0.912. The molecule has 7 heteroatoms. The molecule has 2 fully saturated rings. The van der Waals surface area contributed by atoms with Crippen molar-refractivity contribution in [2.45, 2.75) is 98.4 Å². The van der Waals surface area contributed by atoms with E-state index in [9.17, 15) is 9.59 Å². The van der Waals surface area contributed by atoms with E-state index in [0.29, 0.717) is 12.0 Å². The zero-order valence-corrected chi connectivity index (χ0v) is 21.0. The van der Waals surface area contributed by atoms with E-state index < -0.39 is 11.0 Å². The first-order chi connectivity index (χ1) is 14.2. The molecule has 2 aliphatic heterocycles. The molecule has 0 radical (unpaired) electrons. The first-order valence-corrected chi connectivity index (χ1v) is 11.9. The lowest BCUT2D eigenvalue weighted by Gasteiger charge is -2.42. The molecule has 2 rings (SSSR count). The molecule has 1 N–H and O–H groups in total. The summed E-state index contributed by atoms with van der Waals surface area (Å²) in [5, 5.41) is 3.01. The zero-order valence-electron chi connectivity index (χ0n) is 21.0. The van der Waals surface area contributed by atoms with Crippen LogP contribution >= 0.6 is 0 Å². The third kappa shape index (κ3) is 8.60. The van der Waals surface area contributed by atoms with E-state index in [1.807, 2.05) is 41.5 Å². The lowest BCUT2D eigenvalue weighted by molar-refractivity contribution is -0.164. The standard InChI is InChI=1S/C24H45N3O4/c1-17-15-27(14-11-20(17)30-21(28)23(3,4)5)18(2)16-26-12-9-19(10-13-26)25-22(29)31-24(6,7)8/h17-20H,9-16H2,1-8H3,(H,25,29)/t17-,18?,20-/m0/s1. The predicted molar refractivity (Wildman–Crippen MR) is 123 cm³/mol. The van der Waals surface area contributed by atoms with Gasteiger partial charge in [-0.2, -0.15) is 0 Å².